The Kier molecular flexibility index (Phi) is 7.71. The summed E-state index contributed by atoms with van der Waals surface area (Å²) in [5.74, 6) is 0.704. The van der Waals surface area contributed by atoms with E-state index in [9.17, 15) is 9.18 Å². The molecule has 1 aliphatic carbocycles. The minimum atomic E-state index is -0.313. The monoisotopic (exact) mass is 424 g/mol. The Bertz CT molecular complexity index is 819. The van der Waals surface area contributed by atoms with Crippen molar-refractivity contribution in [3.05, 3.63) is 71.5 Å². The first-order chi connectivity index (χ1) is 15.2. The van der Waals surface area contributed by atoms with Crippen molar-refractivity contribution in [2.24, 2.45) is 11.8 Å². The molecule has 4 rings (SSSR count). The summed E-state index contributed by atoms with van der Waals surface area (Å²) >= 11 is 0. The number of halogens is 1. The van der Waals surface area contributed by atoms with Crippen molar-refractivity contribution in [3.63, 3.8) is 0 Å². The molecule has 166 valence electrons. The molecule has 2 aliphatic rings. The van der Waals surface area contributed by atoms with Gasteiger partial charge in [0.1, 0.15) is 5.82 Å². The average molecular weight is 425 g/mol. The Morgan fingerprint density at radius 2 is 1.68 bits per heavy atom. The number of rotatable bonds is 7. The Hall–Kier alpha value is -2.24. The van der Waals surface area contributed by atoms with Crippen LogP contribution in [-0.2, 0) is 11.3 Å². The van der Waals surface area contributed by atoms with Gasteiger partial charge in [0.2, 0.25) is 0 Å². The van der Waals surface area contributed by atoms with Gasteiger partial charge in [-0.25, -0.2) is 9.18 Å². The van der Waals surface area contributed by atoms with Crippen molar-refractivity contribution in [2.45, 2.75) is 51.0 Å². The van der Waals surface area contributed by atoms with Crippen LogP contribution in [0, 0.1) is 17.7 Å². The topological polar surface area (TPSA) is 41.6 Å². The largest absolute Gasteiger partial charge is 0.366 e. The van der Waals surface area contributed by atoms with Crippen LogP contribution in [0.25, 0.3) is 0 Å². The number of piperidine rings is 1. The maximum absolute atomic E-state index is 13.1. The van der Waals surface area contributed by atoms with Gasteiger partial charge in [-0.05, 0) is 86.9 Å². The number of hydrogen-bond acceptors (Lipinski definition) is 4. The molecule has 31 heavy (non-hydrogen) atoms. The van der Waals surface area contributed by atoms with Crippen LogP contribution in [0.15, 0.2) is 54.6 Å². The van der Waals surface area contributed by atoms with E-state index in [1.807, 2.05) is 30.3 Å². The van der Waals surface area contributed by atoms with E-state index in [0.29, 0.717) is 17.4 Å². The summed E-state index contributed by atoms with van der Waals surface area (Å²) in [4.78, 5) is 20.3. The van der Waals surface area contributed by atoms with Crippen molar-refractivity contribution in [1.29, 1.82) is 0 Å². The highest BCUT2D eigenvalue weighted by atomic mass is 19.1. The molecule has 1 saturated carbocycles. The number of carbonyl (C=O) groups excluding carboxylic acids is 1. The van der Waals surface area contributed by atoms with Gasteiger partial charge in [0.25, 0.3) is 0 Å². The number of nitrogens with one attached hydrogen (secondary N) is 1. The Balaban J connectivity index is 1.23. The molecule has 0 bridgehead atoms. The first kappa shape index (κ1) is 22.0. The lowest BCUT2D eigenvalue weighted by Crippen LogP contribution is -2.46. The molecule has 1 aliphatic heterocycles. The van der Waals surface area contributed by atoms with Crippen LogP contribution in [0.3, 0.4) is 0 Å². The molecule has 0 amide bonds. The lowest BCUT2D eigenvalue weighted by molar-refractivity contribution is -0.00221. The van der Waals surface area contributed by atoms with Crippen molar-refractivity contribution < 1.29 is 14.0 Å². The third-order valence-corrected chi connectivity index (χ3v) is 6.86. The molecule has 1 saturated heterocycles. The lowest BCUT2D eigenvalue weighted by atomic mass is 9.83. The maximum Gasteiger partial charge on any atom is 0.356 e. The van der Waals surface area contributed by atoms with E-state index in [-0.39, 0.29) is 17.8 Å². The van der Waals surface area contributed by atoms with Crippen molar-refractivity contribution in [3.8, 4) is 0 Å². The number of likely N-dealkylation sites (tertiary alicyclic amines) is 1. The fraction of sp³-hybridized carbons (Fsp3) is 0.500. The van der Waals surface area contributed by atoms with E-state index in [1.54, 1.807) is 24.3 Å². The smallest absolute Gasteiger partial charge is 0.356 e. The number of benzene rings is 2. The highest BCUT2D eigenvalue weighted by Gasteiger charge is 2.29. The van der Waals surface area contributed by atoms with Crippen molar-refractivity contribution in [2.75, 3.05) is 19.6 Å². The van der Waals surface area contributed by atoms with E-state index in [4.69, 9.17) is 4.84 Å². The van der Waals surface area contributed by atoms with E-state index in [2.05, 4.69) is 10.4 Å². The molecule has 2 atom stereocenters. The molecule has 2 aromatic rings. The summed E-state index contributed by atoms with van der Waals surface area (Å²) in [6, 6.07) is 16.3. The fourth-order valence-electron chi connectivity index (χ4n) is 5.00. The van der Waals surface area contributed by atoms with Gasteiger partial charge in [0, 0.05) is 12.6 Å². The number of hydrogen-bond donors (Lipinski definition) is 1. The normalized spacial score (nSPS) is 22.9. The Labute approximate surface area is 184 Å². The first-order valence-corrected chi connectivity index (χ1v) is 11.7. The van der Waals surface area contributed by atoms with Gasteiger partial charge in [0.05, 0.1) is 5.56 Å². The minimum absolute atomic E-state index is 0.163. The van der Waals surface area contributed by atoms with Gasteiger partial charge in [-0.15, -0.1) is 5.48 Å². The molecule has 0 aromatic heterocycles. The van der Waals surface area contributed by atoms with Gasteiger partial charge in [-0.2, -0.15) is 0 Å². The van der Waals surface area contributed by atoms with E-state index < -0.39 is 0 Å². The molecule has 2 fully saturated rings. The molecule has 1 N–H and O–H groups in total. The number of nitrogens with zero attached hydrogens (tertiary/aromatic N) is 1. The van der Waals surface area contributed by atoms with E-state index in [0.717, 1.165) is 32.5 Å². The summed E-state index contributed by atoms with van der Waals surface area (Å²) in [7, 11) is 0. The summed E-state index contributed by atoms with van der Waals surface area (Å²) in [6.07, 6.45) is 8.06. The van der Waals surface area contributed by atoms with Crippen LogP contribution in [0.2, 0.25) is 0 Å². The number of carbonyl (C=O) groups is 1. The third-order valence-electron chi connectivity index (χ3n) is 6.86. The predicted molar refractivity (Wildman–Crippen MR) is 120 cm³/mol. The summed E-state index contributed by atoms with van der Waals surface area (Å²) in [5, 5.41) is 0. The van der Waals surface area contributed by atoms with E-state index in [1.165, 1.54) is 37.7 Å². The molecule has 4 nitrogen and oxygen atoms in total. The van der Waals surface area contributed by atoms with Crippen molar-refractivity contribution >= 4 is 5.97 Å². The maximum atomic E-state index is 13.1. The second-order valence-corrected chi connectivity index (χ2v) is 9.10. The Morgan fingerprint density at radius 3 is 2.42 bits per heavy atom. The molecular weight excluding hydrogens is 391 g/mol. The fourth-order valence-corrected chi connectivity index (χ4v) is 5.00. The number of hydroxylamine groups is 1. The average Bonchev–Trinajstić information content (AvgIpc) is 2.81. The quantitative estimate of drug-likeness (QED) is 0.635. The second-order valence-electron chi connectivity index (χ2n) is 9.10. The molecule has 5 heteroatoms. The molecule has 0 spiro atoms. The molecule has 0 radical (unpaired) electrons. The highest BCUT2D eigenvalue weighted by Crippen LogP contribution is 2.28. The zero-order valence-corrected chi connectivity index (χ0v) is 18.1. The van der Waals surface area contributed by atoms with Crippen LogP contribution in [-0.4, -0.2) is 36.5 Å². The van der Waals surface area contributed by atoms with Gasteiger partial charge in [-0.1, -0.05) is 43.2 Å². The third kappa shape index (κ3) is 6.37. The van der Waals surface area contributed by atoms with Crippen LogP contribution in [0.1, 0.15) is 54.4 Å². The molecule has 1 heterocycles. The molecule has 0 unspecified atom stereocenters. The minimum Gasteiger partial charge on any atom is -0.366 e. The standard InChI is InChI=1S/C26H33FN2O2/c27-24-12-10-20(11-13-24)18-21-14-16-29(17-15-21)19-23-8-4-5-9-25(23)28-31-26(30)22-6-2-1-3-7-22/h1-3,6-7,10-13,21,23,25,28H,4-5,8-9,14-19H2/t23-,25+/m0/s1. The van der Waals surface area contributed by atoms with Crippen LogP contribution in [0.5, 0.6) is 0 Å². The SMILES string of the molecule is O=C(ON[C@@H]1CCCC[C@H]1CN1CCC(Cc2ccc(F)cc2)CC1)c1ccccc1. The zero-order valence-electron chi connectivity index (χ0n) is 18.1. The summed E-state index contributed by atoms with van der Waals surface area (Å²) in [6.45, 7) is 3.28. The van der Waals surface area contributed by atoms with Crippen molar-refractivity contribution in [1.82, 2.24) is 10.4 Å². The van der Waals surface area contributed by atoms with E-state index >= 15 is 0 Å². The molecular formula is C26H33FN2O2. The second kappa shape index (κ2) is 10.9. The highest BCUT2D eigenvalue weighted by molar-refractivity contribution is 5.89. The summed E-state index contributed by atoms with van der Waals surface area (Å²) < 4.78 is 13.1. The first-order valence-electron chi connectivity index (χ1n) is 11.7. The zero-order chi connectivity index (χ0) is 21.5. The summed E-state index contributed by atoms with van der Waals surface area (Å²) in [5.41, 5.74) is 4.91. The van der Waals surface area contributed by atoms with Crippen LogP contribution in [0.4, 0.5) is 4.39 Å². The van der Waals surface area contributed by atoms with Crippen LogP contribution >= 0.6 is 0 Å². The van der Waals surface area contributed by atoms with Gasteiger partial charge >= 0.3 is 5.97 Å². The van der Waals surface area contributed by atoms with Gasteiger partial charge in [-0.3, -0.25) is 0 Å². The van der Waals surface area contributed by atoms with Crippen LogP contribution < -0.4 is 5.48 Å². The Morgan fingerprint density at radius 1 is 0.968 bits per heavy atom. The predicted octanol–water partition coefficient (Wildman–Crippen LogP) is 5.00. The lowest BCUT2D eigenvalue weighted by Gasteiger charge is -2.38. The van der Waals surface area contributed by atoms with Gasteiger partial charge in [0.15, 0.2) is 0 Å². The molecule has 2 aromatic carbocycles. The van der Waals surface area contributed by atoms with Gasteiger partial charge < -0.3 is 9.74 Å².